The molecular weight excluding hydrogens is 280 g/mol. The number of aromatic amines is 1. The Kier molecular flexibility index (Phi) is 3.47. The summed E-state index contributed by atoms with van der Waals surface area (Å²) >= 11 is 0. The number of halogens is 4. The number of aromatic nitrogens is 2. The molecule has 0 atom stereocenters. The zero-order valence-electron chi connectivity index (χ0n) is 9.87. The van der Waals surface area contributed by atoms with Crippen LogP contribution in [-0.2, 0) is 12.7 Å². The Morgan fingerprint density at radius 3 is 2.25 bits per heavy atom. The van der Waals surface area contributed by atoms with Gasteiger partial charge in [-0.25, -0.2) is 4.79 Å². The van der Waals surface area contributed by atoms with Gasteiger partial charge < -0.3 is 4.98 Å². The van der Waals surface area contributed by atoms with Gasteiger partial charge >= 0.3 is 11.9 Å². The van der Waals surface area contributed by atoms with Crippen LogP contribution in [0.5, 0.6) is 0 Å². The first-order valence-corrected chi connectivity index (χ1v) is 5.44. The quantitative estimate of drug-likeness (QED) is 0.856. The lowest BCUT2D eigenvalue weighted by Gasteiger charge is -2.10. The van der Waals surface area contributed by atoms with E-state index in [0.717, 1.165) is 0 Å². The van der Waals surface area contributed by atoms with Gasteiger partial charge in [0.1, 0.15) is 0 Å². The molecule has 1 heterocycles. The Hall–Kier alpha value is -2.38. The van der Waals surface area contributed by atoms with Gasteiger partial charge in [0.05, 0.1) is 6.54 Å². The van der Waals surface area contributed by atoms with Crippen molar-refractivity contribution < 1.29 is 17.6 Å². The van der Waals surface area contributed by atoms with E-state index in [1.165, 1.54) is 4.98 Å². The van der Waals surface area contributed by atoms with Gasteiger partial charge in [0.15, 0.2) is 5.69 Å². The van der Waals surface area contributed by atoms with E-state index in [4.69, 9.17) is 0 Å². The van der Waals surface area contributed by atoms with Crippen LogP contribution in [0.15, 0.2) is 39.9 Å². The third kappa shape index (κ3) is 2.63. The lowest BCUT2D eigenvalue weighted by Crippen LogP contribution is -2.40. The average Bonchev–Trinajstić information content (AvgIpc) is 2.39. The van der Waals surface area contributed by atoms with Crippen LogP contribution in [0.4, 0.5) is 17.6 Å². The molecule has 2 aromatic rings. The van der Waals surface area contributed by atoms with E-state index in [9.17, 15) is 27.2 Å². The van der Waals surface area contributed by atoms with E-state index < -0.39 is 28.9 Å². The first-order valence-electron chi connectivity index (χ1n) is 5.44. The second-order valence-corrected chi connectivity index (χ2v) is 3.99. The molecule has 0 fully saturated rings. The molecule has 0 radical (unpaired) electrons. The Labute approximate surface area is 109 Å². The Bertz CT molecular complexity index is 732. The first kappa shape index (κ1) is 14.0. The molecule has 106 valence electrons. The van der Waals surface area contributed by atoms with Crippen molar-refractivity contribution in [2.24, 2.45) is 0 Å². The van der Waals surface area contributed by atoms with E-state index in [0.29, 0.717) is 10.1 Å². The van der Waals surface area contributed by atoms with Gasteiger partial charge in [-0.15, -0.1) is 0 Å². The molecule has 0 saturated heterocycles. The molecule has 8 heteroatoms. The first-order chi connectivity index (χ1) is 9.30. The number of nitrogens with zero attached hydrogens (tertiary/aromatic N) is 1. The van der Waals surface area contributed by atoms with E-state index >= 15 is 0 Å². The molecule has 0 bridgehead atoms. The fourth-order valence-corrected chi connectivity index (χ4v) is 1.65. The molecule has 0 amide bonds. The summed E-state index contributed by atoms with van der Waals surface area (Å²) in [4.78, 5) is 24.4. The molecule has 20 heavy (non-hydrogen) atoms. The monoisotopic (exact) mass is 288 g/mol. The highest BCUT2D eigenvalue weighted by atomic mass is 19.4. The van der Waals surface area contributed by atoms with Crippen molar-refractivity contribution in [2.75, 3.05) is 0 Å². The summed E-state index contributed by atoms with van der Waals surface area (Å²) in [7, 11) is 0. The van der Waals surface area contributed by atoms with Crippen LogP contribution in [-0.4, -0.2) is 9.55 Å². The summed E-state index contributed by atoms with van der Waals surface area (Å²) in [6.45, 7) is -0.315. The van der Waals surface area contributed by atoms with Crippen molar-refractivity contribution in [1.82, 2.24) is 9.55 Å². The Balaban J connectivity index is 2.55. The molecule has 0 aliphatic heterocycles. The molecule has 0 spiro atoms. The Morgan fingerprint density at radius 2 is 1.70 bits per heavy atom. The van der Waals surface area contributed by atoms with Crippen LogP contribution in [0, 0.1) is 5.82 Å². The summed E-state index contributed by atoms with van der Waals surface area (Å²) < 4.78 is 51.0. The number of nitrogens with one attached hydrogen (secondary N) is 1. The summed E-state index contributed by atoms with van der Waals surface area (Å²) in [6.07, 6.45) is -5.13. The summed E-state index contributed by atoms with van der Waals surface area (Å²) in [5.41, 5.74) is -4.39. The van der Waals surface area contributed by atoms with Crippen LogP contribution in [0.1, 0.15) is 11.3 Å². The zero-order chi connectivity index (χ0) is 14.9. The molecule has 4 nitrogen and oxygen atoms in total. The Morgan fingerprint density at radius 1 is 1.10 bits per heavy atom. The van der Waals surface area contributed by atoms with Crippen molar-refractivity contribution in [3.05, 3.63) is 68.2 Å². The molecule has 0 saturated carbocycles. The highest BCUT2D eigenvalue weighted by Crippen LogP contribution is 2.27. The smallest absolute Gasteiger partial charge is 0.300 e. The third-order valence-corrected chi connectivity index (χ3v) is 2.60. The minimum Gasteiger partial charge on any atom is -0.300 e. The van der Waals surface area contributed by atoms with Crippen molar-refractivity contribution in [2.45, 2.75) is 12.7 Å². The van der Waals surface area contributed by atoms with Crippen LogP contribution in [0.25, 0.3) is 0 Å². The average molecular weight is 288 g/mol. The van der Waals surface area contributed by atoms with Gasteiger partial charge in [-0.2, -0.15) is 17.6 Å². The highest BCUT2D eigenvalue weighted by Gasteiger charge is 2.37. The van der Waals surface area contributed by atoms with Gasteiger partial charge in [0.2, 0.25) is 5.82 Å². The molecular formula is C12H8F4N2O2. The maximum Gasteiger partial charge on any atom is 0.434 e. The van der Waals surface area contributed by atoms with E-state index in [1.54, 1.807) is 30.3 Å². The van der Waals surface area contributed by atoms with E-state index in [1.807, 2.05) is 0 Å². The molecule has 0 aliphatic rings. The topological polar surface area (TPSA) is 54.9 Å². The maximum atomic E-state index is 13.4. The van der Waals surface area contributed by atoms with Gasteiger partial charge in [0.25, 0.3) is 5.56 Å². The van der Waals surface area contributed by atoms with Crippen LogP contribution in [0.2, 0.25) is 0 Å². The summed E-state index contributed by atoms with van der Waals surface area (Å²) in [5, 5.41) is 0. The van der Waals surface area contributed by atoms with Gasteiger partial charge in [-0.3, -0.25) is 9.36 Å². The molecule has 1 aromatic carbocycles. The van der Waals surface area contributed by atoms with Crippen LogP contribution < -0.4 is 11.2 Å². The van der Waals surface area contributed by atoms with Crippen molar-refractivity contribution in [3.63, 3.8) is 0 Å². The second kappa shape index (κ2) is 4.95. The predicted molar refractivity (Wildman–Crippen MR) is 61.8 cm³/mol. The lowest BCUT2D eigenvalue weighted by atomic mass is 10.2. The fourth-order valence-electron chi connectivity index (χ4n) is 1.65. The summed E-state index contributed by atoms with van der Waals surface area (Å²) in [5.74, 6) is -2.02. The van der Waals surface area contributed by atoms with Crippen molar-refractivity contribution >= 4 is 0 Å². The molecule has 0 aliphatic carbocycles. The number of rotatable bonds is 2. The highest BCUT2D eigenvalue weighted by molar-refractivity contribution is 5.16. The number of hydrogen-bond donors (Lipinski definition) is 1. The number of H-pyrrole nitrogens is 1. The third-order valence-electron chi connectivity index (χ3n) is 2.60. The SMILES string of the molecule is O=c1[nH]c(C(F)(F)F)c(F)c(=O)n1Cc1ccccc1. The lowest BCUT2D eigenvalue weighted by molar-refractivity contribution is -0.144. The van der Waals surface area contributed by atoms with Crippen molar-refractivity contribution in [1.29, 1.82) is 0 Å². The van der Waals surface area contributed by atoms with Crippen LogP contribution >= 0.6 is 0 Å². The van der Waals surface area contributed by atoms with Crippen LogP contribution in [0.3, 0.4) is 0 Å². The zero-order valence-corrected chi connectivity index (χ0v) is 9.87. The second-order valence-electron chi connectivity index (χ2n) is 3.99. The van der Waals surface area contributed by atoms with E-state index in [2.05, 4.69) is 0 Å². The normalized spacial score (nSPS) is 11.6. The number of alkyl halides is 3. The molecule has 0 unspecified atom stereocenters. The number of hydrogen-bond acceptors (Lipinski definition) is 2. The minimum absolute atomic E-state index is 0.315. The van der Waals surface area contributed by atoms with Gasteiger partial charge in [0, 0.05) is 0 Å². The van der Waals surface area contributed by atoms with Gasteiger partial charge in [-0.05, 0) is 5.56 Å². The summed E-state index contributed by atoms with van der Waals surface area (Å²) in [6, 6.07) is 8.04. The molecule has 1 aromatic heterocycles. The minimum atomic E-state index is -5.13. The van der Waals surface area contributed by atoms with Gasteiger partial charge in [-0.1, -0.05) is 30.3 Å². The number of benzene rings is 1. The molecule has 2 rings (SSSR count). The largest absolute Gasteiger partial charge is 0.434 e. The predicted octanol–water partition coefficient (Wildman–Crippen LogP) is 1.74. The van der Waals surface area contributed by atoms with Crippen molar-refractivity contribution in [3.8, 4) is 0 Å². The standard InChI is InChI=1S/C12H8F4N2O2/c13-8-9(12(14,15)16)17-11(20)18(10(8)19)6-7-4-2-1-3-5-7/h1-5H,6H2,(H,17,20). The fraction of sp³-hybridized carbons (Fsp3) is 0.167. The van der Waals surface area contributed by atoms with E-state index in [-0.39, 0.29) is 6.54 Å². The maximum absolute atomic E-state index is 13.4. The molecule has 1 N–H and O–H groups in total.